The molecule has 0 radical (unpaired) electrons. The maximum Gasteiger partial charge on any atom is 0.167 e. The Kier molecular flexibility index (Phi) is 2.41. The Hall–Kier alpha value is -0.370. The van der Waals surface area contributed by atoms with Crippen molar-refractivity contribution < 1.29 is 9.90 Å². The number of hydrogen-bond acceptors (Lipinski definition) is 2. The molecule has 0 unspecified atom stereocenters. The second-order valence-electron chi connectivity index (χ2n) is 4.58. The second-order valence-corrected chi connectivity index (χ2v) is 4.58. The minimum absolute atomic E-state index is 0.151. The highest BCUT2D eigenvalue weighted by Crippen LogP contribution is 2.37. The molecule has 2 saturated carbocycles. The zero-order valence-electron chi connectivity index (χ0n) is 8.09. The lowest BCUT2D eigenvalue weighted by Crippen LogP contribution is -2.45. The van der Waals surface area contributed by atoms with Crippen molar-refractivity contribution in [3.63, 3.8) is 0 Å². The van der Waals surface area contributed by atoms with Crippen molar-refractivity contribution >= 4 is 5.78 Å². The van der Waals surface area contributed by atoms with Gasteiger partial charge >= 0.3 is 0 Å². The van der Waals surface area contributed by atoms with Crippen LogP contribution in [0.25, 0.3) is 0 Å². The van der Waals surface area contributed by atoms with Crippen LogP contribution in [-0.4, -0.2) is 16.5 Å². The van der Waals surface area contributed by atoms with Crippen LogP contribution in [0.5, 0.6) is 0 Å². The first-order valence-corrected chi connectivity index (χ1v) is 5.49. The number of Topliss-reactive ketones (excluding diaryl/α,β-unsaturated/α-hetero) is 1. The van der Waals surface area contributed by atoms with Crippen LogP contribution in [0.3, 0.4) is 0 Å². The first-order chi connectivity index (χ1) is 6.22. The molecule has 1 N–H and O–H groups in total. The standard InChI is InChI=1S/C11H18O2/c12-10(9-5-4-6-9)11(13)7-2-1-3-8-11/h9,13H,1-8H2. The Morgan fingerprint density at radius 2 is 1.69 bits per heavy atom. The molecular formula is C11H18O2. The van der Waals surface area contributed by atoms with Crippen LogP contribution in [0.4, 0.5) is 0 Å². The summed E-state index contributed by atoms with van der Waals surface area (Å²) in [6.07, 6.45) is 7.85. The van der Waals surface area contributed by atoms with Gasteiger partial charge in [-0.15, -0.1) is 0 Å². The Morgan fingerprint density at radius 3 is 2.15 bits per heavy atom. The molecule has 2 fully saturated rings. The van der Waals surface area contributed by atoms with Crippen LogP contribution in [-0.2, 0) is 4.79 Å². The van der Waals surface area contributed by atoms with Gasteiger partial charge < -0.3 is 5.11 Å². The molecule has 0 aromatic heterocycles. The van der Waals surface area contributed by atoms with Gasteiger partial charge in [-0.1, -0.05) is 25.7 Å². The van der Waals surface area contributed by atoms with E-state index >= 15 is 0 Å². The molecule has 2 nitrogen and oxygen atoms in total. The van der Waals surface area contributed by atoms with Gasteiger partial charge in [-0.05, 0) is 25.7 Å². The maximum absolute atomic E-state index is 11.9. The smallest absolute Gasteiger partial charge is 0.167 e. The molecule has 0 heterocycles. The average molecular weight is 182 g/mol. The third-order valence-electron chi connectivity index (χ3n) is 3.62. The Morgan fingerprint density at radius 1 is 1.08 bits per heavy atom. The van der Waals surface area contributed by atoms with E-state index in [-0.39, 0.29) is 11.7 Å². The van der Waals surface area contributed by atoms with Gasteiger partial charge in [0.2, 0.25) is 0 Å². The molecule has 0 atom stereocenters. The number of aliphatic hydroxyl groups is 1. The lowest BCUT2D eigenvalue weighted by molar-refractivity contribution is -0.147. The summed E-state index contributed by atoms with van der Waals surface area (Å²) in [6.45, 7) is 0. The fraction of sp³-hybridized carbons (Fsp3) is 0.909. The molecule has 74 valence electrons. The van der Waals surface area contributed by atoms with Crippen molar-refractivity contribution in [3.8, 4) is 0 Å². The van der Waals surface area contributed by atoms with E-state index in [1.807, 2.05) is 0 Å². The van der Waals surface area contributed by atoms with Gasteiger partial charge in [0, 0.05) is 5.92 Å². The van der Waals surface area contributed by atoms with Crippen molar-refractivity contribution in [1.29, 1.82) is 0 Å². The highest BCUT2D eigenvalue weighted by atomic mass is 16.3. The van der Waals surface area contributed by atoms with Gasteiger partial charge in [0.15, 0.2) is 5.78 Å². The molecule has 0 spiro atoms. The summed E-state index contributed by atoms with van der Waals surface area (Å²) < 4.78 is 0. The Labute approximate surface area is 79.3 Å². The summed E-state index contributed by atoms with van der Waals surface area (Å²) in [5, 5.41) is 10.1. The van der Waals surface area contributed by atoms with Crippen molar-refractivity contribution in [2.75, 3.05) is 0 Å². The van der Waals surface area contributed by atoms with E-state index in [1.165, 1.54) is 12.8 Å². The molecule has 0 aliphatic heterocycles. The van der Waals surface area contributed by atoms with E-state index in [2.05, 4.69) is 0 Å². The van der Waals surface area contributed by atoms with E-state index in [0.717, 1.165) is 25.7 Å². The normalized spacial score (nSPS) is 28.1. The van der Waals surface area contributed by atoms with Gasteiger partial charge in [0.05, 0.1) is 0 Å². The average Bonchev–Trinajstić information content (AvgIpc) is 2.02. The molecule has 0 saturated heterocycles. The predicted molar refractivity (Wildman–Crippen MR) is 50.4 cm³/mol. The minimum atomic E-state index is -0.927. The predicted octanol–water partition coefficient (Wildman–Crippen LogP) is 2.05. The van der Waals surface area contributed by atoms with Crippen LogP contribution in [0.2, 0.25) is 0 Å². The van der Waals surface area contributed by atoms with Crippen LogP contribution in [0, 0.1) is 5.92 Å². The topological polar surface area (TPSA) is 37.3 Å². The molecule has 13 heavy (non-hydrogen) atoms. The first kappa shape index (κ1) is 9.20. The number of ketones is 1. The Bertz CT molecular complexity index is 200. The SMILES string of the molecule is O=C(C1CCC1)C1(O)CCCCC1. The fourth-order valence-electron chi connectivity index (χ4n) is 2.43. The maximum atomic E-state index is 11.9. The third kappa shape index (κ3) is 1.64. The van der Waals surface area contributed by atoms with E-state index in [1.54, 1.807) is 0 Å². The molecule has 2 rings (SSSR count). The number of carbonyl (C=O) groups excluding carboxylic acids is 1. The molecule has 0 aromatic carbocycles. The fourth-order valence-corrected chi connectivity index (χ4v) is 2.43. The molecule has 2 heteroatoms. The summed E-state index contributed by atoms with van der Waals surface area (Å²) in [5.41, 5.74) is -0.927. The van der Waals surface area contributed by atoms with Gasteiger partial charge in [-0.2, -0.15) is 0 Å². The molecule has 0 aromatic rings. The van der Waals surface area contributed by atoms with Crippen molar-refractivity contribution in [1.82, 2.24) is 0 Å². The van der Waals surface area contributed by atoms with Gasteiger partial charge in [0.1, 0.15) is 5.60 Å². The van der Waals surface area contributed by atoms with Crippen LogP contribution in [0.15, 0.2) is 0 Å². The highest BCUT2D eigenvalue weighted by Gasteiger charge is 2.42. The first-order valence-electron chi connectivity index (χ1n) is 5.49. The summed E-state index contributed by atoms with van der Waals surface area (Å²) in [6, 6.07) is 0. The summed E-state index contributed by atoms with van der Waals surface area (Å²) in [7, 11) is 0. The van der Waals surface area contributed by atoms with E-state index in [4.69, 9.17) is 0 Å². The van der Waals surface area contributed by atoms with E-state index < -0.39 is 5.60 Å². The van der Waals surface area contributed by atoms with Gasteiger partial charge in [-0.3, -0.25) is 4.79 Å². The zero-order valence-corrected chi connectivity index (χ0v) is 8.09. The largest absolute Gasteiger partial charge is 0.382 e. The zero-order chi connectivity index (χ0) is 9.31. The van der Waals surface area contributed by atoms with Crippen molar-refractivity contribution in [3.05, 3.63) is 0 Å². The quantitative estimate of drug-likeness (QED) is 0.709. The van der Waals surface area contributed by atoms with Crippen LogP contribution in [0.1, 0.15) is 51.4 Å². The van der Waals surface area contributed by atoms with Crippen LogP contribution >= 0.6 is 0 Å². The molecule has 2 aliphatic carbocycles. The van der Waals surface area contributed by atoms with E-state index in [9.17, 15) is 9.90 Å². The number of carbonyl (C=O) groups is 1. The molecule has 0 amide bonds. The summed E-state index contributed by atoms with van der Waals surface area (Å²) >= 11 is 0. The van der Waals surface area contributed by atoms with Gasteiger partial charge in [0.25, 0.3) is 0 Å². The highest BCUT2D eigenvalue weighted by molar-refractivity contribution is 5.89. The molecule has 0 bridgehead atoms. The number of hydrogen-bond donors (Lipinski definition) is 1. The number of rotatable bonds is 2. The lowest BCUT2D eigenvalue weighted by atomic mass is 9.71. The van der Waals surface area contributed by atoms with Crippen molar-refractivity contribution in [2.45, 2.75) is 57.0 Å². The van der Waals surface area contributed by atoms with E-state index in [0.29, 0.717) is 12.8 Å². The summed E-state index contributed by atoms with van der Waals surface area (Å²) in [4.78, 5) is 11.9. The summed E-state index contributed by atoms with van der Waals surface area (Å²) in [5.74, 6) is 0.349. The Balaban J connectivity index is 1.99. The van der Waals surface area contributed by atoms with Crippen molar-refractivity contribution in [2.24, 2.45) is 5.92 Å². The third-order valence-corrected chi connectivity index (χ3v) is 3.62. The molecule has 2 aliphatic rings. The molecular weight excluding hydrogens is 164 g/mol. The minimum Gasteiger partial charge on any atom is -0.382 e. The monoisotopic (exact) mass is 182 g/mol. The lowest BCUT2D eigenvalue weighted by Gasteiger charge is -2.36. The van der Waals surface area contributed by atoms with Gasteiger partial charge in [-0.25, -0.2) is 0 Å². The van der Waals surface area contributed by atoms with Crippen LogP contribution < -0.4 is 0 Å². The second kappa shape index (κ2) is 3.41.